The van der Waals surface area contributed by atoms with E-state index in [1.807, 2.05) is 24.4 Å². The molecule has 4 nitrogen and oxygen atoms in total. The van der Waals surface area contributed by atoms with Crippen molar-refractivity contribution >= 4 is 32.5 Å². The van der Waals surface area contributed by atoms with Crippen molar-refractivity contribution in [3.63, 3.8) is 0 Å². The largest absolute Gasteiger partial charge is 0.493 e. The second kappa shape index (κ2) is 6.10. The molecule has 0 radical (unpaired) electrons. The first-order valence-corrected chi connectivity index (χ1v) is 8.24. The summed E-state index contributed by atoms with van der Waals surface area (Å²) >= 11 is 3.61. The van der Waals surface area contributed by atoms with Gasteiger partial charge in [-0.15, -0.1) is 0 Å². The van der Waals surface area contributed by atoms with E-state index in [-0.39, 0.29) is 0 Å². The van der Waals surface area contributed by atoms with Gasteiger partial charge in [0.2, 0.25) is 0 Å². The second-order valence-corrected chi connectivity index (χ2v) is 5.85. The molecule has 1 aromatic carbocycles. The maximum atomic E-state index is 5.43. The van der Waals surface area contributed by atoms with Gasteiger partial charge in [0.15, 0.2) is 11.5 Å². The minimum Gasteiger partial charge on any atom is -0.493 e. The fourth-order valence-electron chi connectivity index (χ4n) is 2.99. The minimum absolute atomic E-state index is 0.510. The van der Waals surface area contributed by atoms with Crippen LogP contribution in [-0.2, 0) is 0 Å². The first-order chi connectivity index (χ1) is 10.3. The Bertz CT molecular complexity index is 647. The van der Waals surface area contributed by atoms with E-state index in [0.717, 1.165) is 40.0 Å². The molecule has 1 saturated heterocycles. The third-order valence-electron chi connectivity index (χ3n) is 4.07. The Morgan fingerprint density at radius 1 is 1.29 bits per heavy atom. The molecule has 3 rings (SSSR count). The van der Waals surface area contributed by atoms with Crippen molar-refractivity contribution in [2.75, 3.05) is 31.0 Å². The molecule has 2 heterocycles. The molecule has 0 N–H and O–H groups in total. The highest BCUT2D eigenvalue weighted by atomic mass is 79.9. The molecular formula is C16H19BrN2O2. The van der Waals surface area contributed by atoms with Crippen molar-refractivity contribution in [1.29, 1.82) is 0 Å². The summed E-state index contributed by atoms with van der Waals surface area (Å²) in [6.07, 6.45) is 4.28. The SMILES string of the molecule is COc1cc2ccnc(N3CCCC3CBr)c2cc1OC. The van der Waals surface area contributed by atoms with Crippen LogP contribution in [0.5, 0.6) is 11.5 Å². The van der Waals surface area contributed by atoms with E-state index in [2.05, 4.69) is 25.8 Å². The smallest absolute Gasteiger partial charge is 0.161 e. The van der Waals surface area contributed by atoms with E-state index in [9.17, 15) is 0 Å². The monoisotopic (exact) mass is 350 g/mol. The van der Waals surface area contributed by atoms with Gasteiger partial charge in [0, 0.05) is 29.5 Å². The average Bonchev–Trinajstić information content (AvgIpc) is 3.01. The molecule has 1 fully saturated rings. The normalized spacial score (nSPS) is 18.2. The fourth-order valence-corrected chi connectivity index (χ4v) is 3.66. The highest BCUT2D eigenvalue weighted by Gasteiger charge is 2.26. The number of alkyl halides is 1. The van der Waals surface area contributed by atoms with Crippen LogP contribution in [0.1, 0.15) is 12.8 Å². The Morgan fingerprint density at radius 3 is 2.76 bits per heavy atom. The standard InChI is InChI=1S/C16H19BrN2O2/c1-20-14-8-11-5-6-18-16(13(11)9-15(14)21-2)19-7-3-4-12(19)10-17/h5-6,8-9,12H,3-4,7,10H2,1-2H3. The summed E-state index contributed by atoms with van der Waals surface area (Å²) in [5.74, 6) is 2.53. The molecule has 0 bridgehead atoms. The van der Waals surface area contributed by atoms with Crippen LogP contribution >= 0.6 is 15.9 Å². The number of aromatic nitrogens is 1. The van der Waals surface area contributed by atoms with Crippen LogP contribution in [0.15, 0.2) is 24.4 Å². The predicted octanol–water partition coefficient (Wildman–Crippen LogP) is 3.62. The Balaban J connectivity index is 2.15. The molecule has 1 aliphatic rings. The van der Waals surface area contributed by atoms with E-state index in [4.69, 9.17) is 9.47 Å². The predicted molar refractivity (Wildman–Crippen MR) is 89.0 cm³/mol. The Kier molecular flexibility index (Phi) is 4.19. The summed E-state index contributed by atoms with van der Waals surface area (Å²) in [6.45, 7) is 1.05. The molecule has 0 spiro atoms. The summed E-state index contributed by atoms with van der Waals surface area (Å²) < 4.78 is 10.8. The summed E-state index contributed by atoms with van der Waals surface area (Å²) in [5, 5.41) is 3.21. The van der Waals surface area contributed by atoms with Gasteiger partial charge in [-0.05, 0) is 36.4 Å². The molecule has 1 aromatic heterocycles. The van der Waals surface area contributed by atoms with Crippen molar-refractivity contribution in [1.82, 2.24) is 4.98 Å². The molecule has 5 heteroatoms. The summed E-state index contributed by atoms with van der Waals surface area (Å²) in [7, 11) is 3.32. The fraction of sp³-hybridized carbons (Fsp3) is 0.438. The van der Waals surface area contributed by atoms with Gasteiger partial charge in [-0.3, -0.25) is 0 Å². The van der Waals surface area contributed by atoms with E-state index < -0.39 is 0 Å². The van der Waals surface area contributed by atoms with Crippen LogP contribution < -0.4 is 14.4 Å². The van der Waals surface area contributed by atoms with Crippen molar-refractivity contribution in [3.8, 4) is 11.5 Å². The Morgan fingerprint density at radius 2 is 2.05 bits per heavy atom. The number of benzene rings is 1. The number of fused-ring (bicyclic) bond motifs is 1. The molecule has 2 aromatic rings. The van der Waals surface area contributed by atoms with Crippen LogP contribution in [0, 0.1) is 0 Å². The molecule has 112 valence electrons. The maximum absolute atomic E-state index is 5.43. The summed E-state index contributed by atoms with van der Waals surface area (Å²) in [4.78, 5) is 7.02. The molecular weight excluding hydrogens is 332 g/mol. The van der Waals surface area contributed by atoms with E-state index in [1.165, 1.54) is 12.8 Å². The van der Waals surface area contributed by atoms with Crippen LogP contribution in [0.25, 0.3) is 10.8 Å². The number of hydrogen-bond acceptors (Lipinski definition) is 4. The van der Waals surface area contributed by atoms with E-state index >= 15 is 0 Å². The number of hydrogen-bond donors (Lipinski definition) is 0. The highest BCUT2D eigenvalue weighted by Crippen LogP contribution is 2.37. The zero-order valence-electron chi connectivity index (χ0n) is 12.3. The van der Waals surface area contributed by atoms with Crippen LogP contribution in [-0.4, -0.2) is 37.1 Å². The Hall–Kier alpha value is -1.49. The van der Waals surface area contributed by atoms with Gasteiger partial charge in [0.1, 0.15) is 5.82 Å². The lowest BCUT2D eigenvalue weighted by Crippen LogP contribution is -2.31. The number of nitrogens with zero attached hydrogens (tertiary/aromatic N) is 2. The van der Waals surface area contributed by atoms with Crippen molar-refractivity contribution in [2.45, 2.75) is 18.9 Å². The van der Waals surface area contributed by atoms with Gasteiger partial charge in [-0.2, -0.15) is 0 Å². The Labute approximate surface area is 133 Å². The number of rotatable bonds is 4. The molecule has 0 aliphatic carbocycles. The first-order valence-electron chi connectivity index (χ1n) is 7.12. The maximum Gasteiger partial charge on any atom is 0.161 e. The molecule has 1 aliphatic heterocycles. The van der Waals surface area contributed by atoms with E-state index in [0.29, 0.717) is 6.04 Å². The lowest BCUT2D eigenvalue weighted by Gasteiger charge is -2.25. The van der Waals surface area contributed by atoms with Crippen LogP contribution in [0.2, 0.25) is 0 Å². The zero-order valence-corrected chi connectivity index (χ0v) is 13.9. The molecule has 0 amide bonds. The number of halogens is 1. The molecule has 1 atom stereocenters. The summed E-state index contributed by atoms with van der Waals surface area (Å²) in [5.41, 5.74) is 0. The van der Waals surface area contributed by atoms with Gasteiger partial charge in [0.05, 0.1) is 14.2 Å². The number of pyridine rings is 1. The number of anilines is 1. The third kappa shape index (κ3) is 2.55. The van der Waals surface area contributed by atoms with Crippen molar-refractivity contribution in [3.05, 3.63) is 24.4 Å². The lowest BCUT2D eigenvalue weighted by molar-refractivity contribution is 0.356. The van der Waals surface area contributed by atoms with Gasteiger partial charge in [0.25, 0.3) is 0 Å². The van der Waals surface area contributed by atoms with Gasteiger partial charge < -0.3 is 14.4 Å². The lowest BCUT2D eigenvalue weighted by atomic mass is 10.1. The zero-order chi connectivity index (χ0) is 14.8. The topological polar surface area (TPSA) is 34.6 Å². The van der Waals surface area contributed by atoms with Crippen molar-refractivity contribution < 1.29 is 9.47 Å². The van der Waals surface area contributed by atoms with Gasteiger partial charge in [-0.1, -0.05) is 15.9 Å². The third-order valence-corrected chi connectivity index (χ3v) is 4.82. The number of ether oxygens (including phenoxy) is 2. The van der Waals surface area contributed by atoms with E-state index in [1.54, 1.807) is 14.2 Å². The van der Waals surface area contributed by atoms with Crippen molar-refractivity contribution in [2.24, 2.45) is 0 Å². The van der Waals surface area contributed by atoms with Crippen LogP contribution in [0.3, 0.4) is 0 Å². The van der Waals surface area contributed by atoms with Gasteiger partial charge in [-0.25, -0.2) is 4.98 Å². The minimum atomic E-state index is 0.510. The molecule has 1 unspecified atom stereocenters. The number of methoxy groups -OCH3 is 2. The summed E-state index contributed by atoms with van der Waals surface area (Å²) in [6, 6.07) is 6.56. The molecule has 21 heavy (non-hydrogen) atoms. The van der Waals surface area contributed by atoms with Crippen LogP contribution in [0.4, 0.5) is 5.82 Å². The average molecular weight is 351 g/mol. The quantitative estimate of drug-likeness (QED) is 0.788. The molecule has 0 saturated carbocycles. The first kappa shape index (κ1) is 14.4. The highest BCUT2D eigenvalue weighted by molar-refractivity contribution is 9.09. The van der Waals surface area contributed by atoms with Gasteiger partial charge >= 0.3 is 0 Å². The second-order valence-electron chi connectivity index (χ2n) is 5.21.